The zero-order valence-electron chi connectivity index (χ0n) is 12.7. The van der Waals surface area contributed by atoms with Crippen molar-refractivity contribution in [1.82, 2.24) is 0 Å². The Morgan fingerprint density at radius 3 is 2.52 bits per heavy atom. The summed E-state index contributed by atoms with van der Waals surface area (Å²) < 4.78 is 5.36. The highest BCUT2D eigenvalue weighted by molar-refractivity contribution is 6.14. The van der Waals surface area contributed by atoms with Gasteiger partial charge in [-0.05, 0) is 36.6 Å². The fraction of sp³-hybridized carbons (Fsp3) is 0.412. The molecule has 4 heteroatoms. The van der Waals surface area contributed by atoms with Crippen LogP contribution in [-0.2, 0) is 4.79 Å². The molecule has 112 valence electrons. The van der Waals surface area contributed by atoms with Gasteiger partial charge >= 0.3 is 0 Å². The van der Waals surface area contributed by atoms with E-state index in [1.807, 2.05) is 45.0 Å². The molecule has 1 aromatic rings. The first kappa shape index (κ1) is 15.3. The molecular formula is C17H21NO3. The van der Waals surface area contributed by atoms with Crippen LogP contribution in [0.3, 0.4) is 0 Å². The Bertz CT molecular complexity index is 583. The van der Waals surface area contributed by atoms with Crippen molar-refractivity contribution < 1.29 is 14.6 Å². The molecule has 0 fully saturated rings. The van der Waals surface area contributed by atoms with Crippen LogP contribution in [0.2, 0.25) is 0 Å². The number of benzene rings is 1. The number of ether oxygens (including phenoxy) is 1. The quantitative estimate of drug-likeness (QED) is 0.852. The maximum absolute atomic E-state index is 12.1. The molecule has 0 heterocycles. The Morgan fingerprint density at radius 2 is 1.95 bits per heavy atom. The van der Waals surface area contributed by atoms with Gasteiger partial charge in [0.15, 0.2) is 5.78 Å². The predicted octanol–water partition coefficient (Wildman–Crippen LogP) is 3.99. The van der Waals surface area contributed by atoms with E-state index in [1.165, 1.54) is 6.21 Å². The van der Waals surface area contributed by atoms with Gasteiger partial charge in [-0.3, -0.25) is 9.79 Å². The number of aliphatic imine (C=N–C) groups is 1. The summed E-state index contributed by atoms with van der Waals surface area (Å²) in [6.45, 7) is 6.49. The fourth-order valence-corrected chi connectivity index (χ4v) is 2.38. The van der Waals surface area contributed by atoms with E-state index in [4.69, 9.17) is 4.74 Å². The number of rotatable bonds is 4. The van der Waals surface area contributed by atoms with E-state index in [1.54, 1.807) is 0 Å². The molecule has 0 unspecified atom stereocenters. The van der Waals surface area contributed by atoms with Crippen LogP contribution in [0.25, 0.3) is 0 Å². The lowest BCUT2D eigenvalue weighted by molar-refractivity contribution is -0.117. The summed E-state index contributed by atoms with van der Waals surface area (Å²) in [4.78, 5) is 16.3. The summed E-state index contributed by atoms with van der Waals surface area (Å²) in [7, 11) is 0. The molecule has 1 aliphatic rings. The molecular weight excluding hydrogens is 266 g/mol. The number of hydrogen-bond acceptors (Lipinski definition) is 4. The molecule has 0 saturated carbocycles. The Kier molecular flexibility index (Phi) is 4.46. The summed E-state index contributed by atoms with van der Waals surface area (Å²) >= 11 is 0. The van der Waals surface area contributed by atoms with E-state index in [0.29, 0.717) is 25.0 Å². The number of ketones is 1. The van der Waals surface area contributed by atoms with Crippen molar-refractivity contribution in [3.63, 3.8) is 0 Å². The zero-order valence-corrected chi connectivity index (χ0v) is 12.7. The SMILES string of the molecule is CCOc1ccc(N=CC2=C(O)CC(C)(C)CC2=O)cc1. The average Bonchev–Trinajstić information content (AvgIpc) is 2.38. The lowest BCUT2D eigenvalue weighted by atomic mass is 9.77. The van der Waals surface area contributed by atoms with Crippen molar-refractivity contribution in [1.29, 1.82) is 0 Å². The summed E-state index contributed by atoms with van der Waals surface area (Å²) in [5.74, 6) is 0.860. The largest absolute Gasteiger partial charge is 0.511 e. The van der Waals surface area contributed by atoms with E-state index >= 15 is 0 Å². The van der Waals surface area contributed by atoms with Gasteiger partial charge in [-0.2, -0.15) is 0 Å². The van der Waals surface area contributed by atoms with Gasteiger partial charge in [0.05, 0.1) is 17.9 Å². The first-order valence-electron chi connectivity index (χ1n) is 7.13. The van der Waals surface area contributed by atoms with Gasteiger partial charge in [0.2, 0.25) is 0 Å². The number of hydrogen-bond donors (Lipinski definition) is 1. The van der Waals surface area contributed by atoms with Crippen LogP contribution in [0.1, 0.15) is 33.6 Å². The molecule has 1 aliphatic carbocycles. The first-order chi connectivity index (χ1) is 9.91. The van der Waals surface area contributed by atoms with Gasteiger partial charge < -0.3 is 9.84 Å². The Balaban J connectivity index is 2.15. The monoisotopic (exact) mass is 287 g/mol. The summed E-state index contributed by atoms with van der Waals surface area (Å²) in [5.41, 5.74) is 0.858. The highest BCUT2D eigenvalue weighted by Crippen LogP contribution is 2.35. The molecule has 0 atom stereocenters. The minimum Gasteiger partial charge on any atom is -0.511 e. The summed E-state index contributed by atoms with van der Waals surface area (Å²) in [6, 6.07) is 7.29. The predicted molar refractivity (Wildman–Crippen MR) is 83.4 cm³/mol. The smallest absolute Gasteiger partial charge is 0.168 e. The lowest BCUT2D eigenvalue weighted by Gasteiger charge is -2.28. The van der Waals surface area contributed by atoms with E-state index in [9.17, 15) is 9.90 Å². The van der Waals surface area contributed by atoms with Gasteiger partial charge in [-0.15, -0.1) is 0 Å². The number of nitrogens with zero attached hydrogens (tertiary/aromatic N) is 1. The van der Waals surface area contributed by atoms with Crippen LogP contribution in [0.15, 0.2) is 40.6 Å². The fourth-order valence-electron chi connectivity index (χ4n) is 2.38. The normalized spacial score (nSPS) is 18.3. The Labute approximate surface area is 125 Å². The van der Waals surface area contributed by atoms with E-state index in [2.05, 4.69) is 4.99 Å². The molecule has 1 N–H and O–H groups in total. The molecule has 0 aromatic heterocycles. The molecule has 0 bridgehead atoms. The molecule has 0 spiro atoms. The van der Waals surface area contributed by atoms with Crippen molar-refractivity contribution >= 4 is 17.7 Å². The zero-order chi connectivity index (χ0) is 15.5. The number of carbonyl (C=O) groups excluding carboxylic acids is 1. The molecule has 0 aliphatic heterocycles. The minimum absolute atomic E-state index is 0.0570. The Hall–Kier alpha value is -2.10. The highest BCUT2D eigenvalue weighted by Gasteiger charge is 2.32. The van der Waals surface area contributed by atoms with E-state index in [0.717, 1.165) is 11.4 Å². The van der Waals surface area contributed by atoms with Crippen LogP contribution in [0.4, 0.5) is 5.69 Å². The van der Waals surface area contributed by atoms with Crippen LogP contribution >= 0.6 is 0 Å². The lowest BCUT2D eigenvalue weighted by Crippen LogP contribution is -2.26. The second kappa shape index (κ2) is 6.12. The summed E-state index contributed by atoms with van der Waals surface area (Å²) in [6.07, 6.45) is 2.40. The molecule has 0 saturated heterocycles. The first-order valence-corrected chi connectivity index (χ1v) is 7.13. The maximum atomic E-state index is 12.1. The minimum atomic E-state index is -0.183. The third kappa shape index (κ3) is 3.94. The third-order valence-corrected chi connectivity index (χ3v) is 3.39. The molecule has 4 nitrogen and oxygen atoms in total. The second-order valence-electron chi connectivity index (χ2n) is 5.99. The number of Topliss-reactive ketones (excluding diaryl/α,β-unsaturated/α-hetero) is 1. The van der Waals surface area contributed by atoms with Crippen molar-refractivity contribution in [2.75, 3.05) is 6.61 Å². The van der Waals surface area contributed by atoms with Gasteiger partial charge in [0, 0.05) is 19.1 Å². The van der Waals surface area contributed by atoms with Crippen LogP contribution in [0, 0.1) is 5.41 Å². The highest BCUT2D eigenvalue weighted by atomic mass is 16.5. The van der Waals surface area contributed by atoms with Crippen molar-refractivity contribution in [3.05, 3.63) is 35.6 Å². The third-order valence-electron chi connectivity index (χ3n) is 3.39. The molecule has 1 aromatic carbocycles. The van der Waals surface area contributed by atoms with E-state index in [-0.39, 0.29) is 17.0 Å². The molecule has 2 rings (SSSR count). The average molecular weight is 287 g/mol. The van der Waals surface area contributed by atoms with Crippen molar-refractivity contribution in [3.8, 4) is 5.75 Å². The van der Waals surface area contributed by atoms with Crippen LogP contribution in [-0.4, -0.2) is 23.7 Å². The topological polar surface area (TPSA) is 58.9 Å². The van der Waals surface area contributed by atoms with Gasteiger partial charge in [-0.25, -0.2) is 0 Å². The molecule has 21 heavy (non-hydrogen) atoms. The number of aliphatic hydroxyl groups excluding tert-OH is 1. The van der Waals surface area contributed by atoms with Gasteiger partial charge in [0.25, 0.3) is 0 Å². The number of allylic oxidation sites excluding steroid dienone is 2. The van der Waals surface area contributed by atoms with Crippen LogP contribution < -0.4 is 4.74 Å². The van der Waals surface area contributed by atoms with Gasteiger partial charge in [-0.1, -0.05) is 13.8 Å². The summed E-state index contributed by atoms with van der Waals surface area (Å²) in [5, 5.41) is 10.0. The number of aliphatic hydroxyl groups is 1. The Morgan fingerprint density at radius 1 is 1.29 bits per heavy atom. The van der Waals surface area contributed by atoms with E-state index < -0.39 is 0 Å². The van der Waals surface area contributed by atoms with Gasteiger partial charge in [0.1, 0.15) is 11.5 Å². The maximum Gasteiger partial charge on any atom is 0.168 e. The molecule has 0 amide bonds. The number of carbonyl (C=O) groups is 1. The van der Waals surface area contributed by atoms with Crippen molar-refractivity contribution in [2.24, 2.45) is 10.4 Å². The molecule has 0 radical (unpaired) electrons. The second-order valence-corrected chi connectivity index (χ2v) is 5.99. The van der Waals surface area contributed by atoms with Crippen LogP contribution in [0.5, 0.6) is 5.75 Å². The van der Waals surface area contributed by atoms with Crippen molar-refractivity contribution in [2.45, 2.75) is 33.6 Å². The standard InChI is InChI=1S/C17H21NO3/c1-4-21-13-7-5-12(6-8-13)18-11-14-15(19)9-17(2,3)10-16(14)20/h5-8,11,19H,4,9-10H2,1-3H3.